The zero-order chi connectivity index (χ0) is 14.9. The van der Waals surface area contributed by atoms with E-state index in [1.807, 2.05) is 0 Å². The van der Waals surface area contributed by atoms with Crippen molar-refractivity contribution < 1.29 is 13.2 Å². The van der Waals surface area contributed by atoms with Gasteiger partial charge in [-0.3, -0.25) is 0 Å². The first-order chi connectivity index (χ1) is 9.27. The highest BCUT2D eigenvalue weighted by atomic mass is 79.9. The highest BCUT2D eigenvalue weighted by Crippen LogP contribution is 2.32. The summed E-state index contributed by atoms with van der Waals surface area (Å²) in [5.74, 6) is 0.969. The second-order valence-corrected chi connectivity index (χ2v) is 7.00. The number of halogens is 2. The lowest BCUT2D eigenvalue weighted by atomic mass is 10.2. The lowest BCUT2D eigenvalue weighted by molar-refractivity contribution is 0.482. The van der Waals surface area contributed by atoms with E-state index in [9.17, 15) is 8.42 Å². The number of hydrogen-bond donors (Lipinski definition) is 1. The molecular weight excluding hydrogens is 366 g/mol. The first kappa shape index (κ1) is 15.3. The summed E-state index contributed by atoms with van der Waals surface area (Å²) in [6.07, 6.45) is 0. The summed E-state index contributed by atoms with van der Waals surface area (Å²) in [4.78, 5) is 0.0757. The van der Waals surface area contributed by atoms with Gasteiger partial charge in [-0.2, -0.15) is 0 Å². The van der Waals surface area contributed by atoms with Crippen molar-refractivity contribution in [1.82, 2.24) is 0 Å². The molecule has 0 aliphatic rings. The second-order valence-electron chi connectivity index (χ2n) is 4.15. The van der Waals surface area contributed by atoms with Crippen molar-refractivity contribution in [2.45, 2.75) is 11.8 Å². The molecule has 0 radical (unpaired) electrons. The molecule has 0 aliphatic carbocycles. The molecule has 0 aliphatic heterocycles. The van der Waals surface area contributed by atoms with Gasteiger partial charge in [-0.15, -0.1) is 0 Å². The summed E-state index contributed by atoms with van der Waals surface area (Å²) >= 11 is 9.36. The van der Waals surface area contributed by atoms with Gasteiger partial charge in [0.1, 0.15) is 11.5 Å². The van der Waals surface area contributed by atoms with Gasteiger partial charge in [-0.1, -0.05) is 27.5 Å². The van der Waals surface area contributed by atoms with E-state index in [-0.39, 0.29) is 4.90 Å². The molecule has 0 saturated heterocycles. The number of rotatable bonds is 3. The molecule has 106 valence electrons. The highest BCUT2D eigenvalue weighted by molar-refractivity contribution is 9.10. The fourth-order valence-electron chi connectivity index (χ4n) is 1.69. The third-order valence-corrected chi connectivity index (χ3v) is 4.43. The van der Waals surface area contributed by atoms with E-state index in [2.05, 4.69) is 15.9 Å². The molecule has 0 aromatic heterocycles. The molecule has 0 heterocycles. The Hall–Kier alpha value is -1.08. The smallest absolute Gasteiger partial charge is 0.238 e. The number of benzene rings is 2. The minimum Gasteiger partial charge on any atom is -0.456 e. The molecule has 0 atom stereocenters. The maximum absolute atomic E-state index is 11.3. The minimum absolute atomic E-state index is 0.0757. The minimum atomic E-state index is -3.72. The lowest BCUT2D eigenvalue weighted by Gasteiger charge is -2.10. The van der Waals surface area contributed by atoms with E-state index >= 15 is 0 Å². The van der Waals surface area contributed by atoms with Crippen LogP contribution in [0.1, 0.15) is 5.56 Å². The predicted molar refractivity (Wildman–Crippen MR) is 81.8 cm³/mol. The summed E-state index contributed by atoms with van der Waals surface area (Å²) in [7, 11) is -3.72. The van der Waals surface area contributed by atoms with Crippen LogP contribution in [0.5, 0.6) is 11.5 Å². The van der Waals surface area contributed by atoms with Crippen molar-refractivity contribution in [2.24, 2.45) is 5.14 Å². The van der Waals surface area contributed by atoms with Crippen molar-refractivity contribution in [3.8, 4) is 11.5 Å². The highest BCUT2D eigenvalue weighted by Gasteiger charge is 2.12. The average molecular weight is 377 g/mol. The fraction of sp³-hybridized carbons (Fsp3) is 0.0769. The number of ether oxygens (including phenoxy) is 1. The van der Waals surface area contributed by atoms with Crippen LogP contribution in [0, 0.1) is 6.92 Å². The van der Waals surface area contributed by atoms with Gasteiger partial charge in [0.15, 0.2) is 0 Å². The number of primary sulfonamides is 1. The van der Waals surface area contributed by atoms with Gasteiger partial charge in [0.05, 0.1) is 9.92 Å². The van der Waals surface area contributed by atoms with Gasteiger partial charge in [0.2, 0.25) is 10.0 Å². The Labute approximate surface area is 130 Å². The summed E-state index contributed by atoms with van der Waals surface area (Å²) < 4.78 is 29.1. The summed E-state index contributed by atoms with van der Waals surface area (Å²) in [6, 6.07) is 9.76. The third kappa shape index (κ3) is 3.52. The molecule has 2 aromatic carbocycles. The Kier molecular flexibility index (Phi) is 4.39. The quantitative estimate of drug-likeness (QED) is 0.884. The topological polar surface area (TPSA) is 69.4 Å². The Morgan fingerprint density at radius 1 is 1.20 bits per heavy atom. The molecule has 7 heteroatoms. The van der Waals surface area contributed by atoms with Crippen LogP contribution in [-0.4, -0.2) is 8.42 Å². The van der Waals surface area contributed by atoms with Crippen molar-refractivity contribution in [1.29, 1.82) is 0 Å². The summed E-state index contributed by atoms with van der Waals surface area (Å²) in [5.41, 5.74) is 0.512. The number of aryl methyl sites for hydroxylation is 1. The Balaban J connectivity index is 2.34. The normalized spacial score (nSPS) is 11.4. The standard InChI is InChI=1S/C13H11BrClNO3S/c1-8-6-10(3-5-13(8)20(16,17)18)19-12-4-2-9(14)7-11(12)15/h2-7H,1H3,(H2,16,17,18). The van der Waals surface area contributed by atoms with E-state index in [1.54, 1.807) is 31.2 Å². The van der Waals surface area contributed by atoms with Crippen LogP contribution >= 0.6 is 27.5 Å². The average Bonchev–Trinajstić information content (AvgIpc) is 2.31. The van der Waals surface area contributed by atoms with Gasteiger partial charge in [0.25, 0.3) is 0 Å². The predicted octanol–water partition coefficient (Wildman–Crippen LogP) is 3.85. The van der Waals surface area contributed by atoms with Crippen molar-refractivity contribution in [3.63, 3.8) is 0 Å². The molecule has 0 fully saturated rings. The van der Waals surface area contributed by atoms with Gasteiger partial charge in [-0.05, 0) is 48.9 Å². The van der Waals surface area contributed by atoms with Crippen LogP contribution in [0.4, 0.5) is 0 Å². The van der Waals surface area contributed by atoms with E-state index in [1.165, 1.54) is 12.1 Å². The molecule has 0 spiro atoms. The van der Waals surface area contributed by atoms with Gasteiger partial charge in [-0.25, -0.2) is 13.6 Å². The summed E-state index contributed by atoms with van der Waals surface area (Å²) in [6.45, 7) is 1.65. The van der Waals surface area contributed by atoms with Crippen LogP contribution < -0.4 is 9.88 Å². The lowest BCUT2D eigenvalue weighted by Crippen LogP contribution is -2.13. The molecule has 2 N–H and O–H groups in total. The van der Waals surface area contributed by atoms with Crippen molar-refractivity contribution in [3.05, 3.63) is 51.5 Å². The SMILES string of the molecule is Cc1cc(Oc2ccc(Br)cc2Cl)ccc1S(N)(=O)=O. The van der Waals surface area contributed by atoms with Crippen LogP contribution in [0.3, 0.4) is 0 Å². The maximum atomic E-state index is 11.3. The van der Waals surface area contributed by atoms with Crippen molar-refractivity contribution >= 4 is 37.6 Å². The first-order valence-electron chi connectivity index (χ1n) is 5.54. The van der Waals surface area contributed by atoms with Crippen molar-refractivity contribution in [2.75, 3.05) is 0 Å². The molecular formula is C13H11BrClNO3S. The van der Waals surface area contributed by atoms with Crippen LogP contribution in [-0.2, 0) is 10.0 Å². The van der Waals surface area contributed by atoms with Gasteiger partial charge in [0, 0.05) is 4.47 Å². The summed E-state index contributed by atoms with van der Waals surface area (Å²) in [5, 5.41) is 5.56. The molecule has 0 unspecified atom stereocenters. The monoisotopic (exact) mass is 375 g/mol. The third-order valence-electron chi connectivity index (χ3n) is 2.57. The Morgan fingerprint density at radius 3 is 2.45 bits per heavy atom. The first-order valence-corrected chi connectivity index (χ1v) is 8.25. The maximum Gasteiger partial charge on any atom is 0.238 e. The fourth-order valence-corrected chi connectivity index (χ4v) is 3.17. The second kappa shape index (κ2) is 5.73. The molecule has 4 nitrogen and oxygen atoms in total. The molecule has 20 heavy (non-hydrogen) atoms. The van der Waals surface area contributed by atoms with Crippen LogP contribution in [0.2, 0.25) is 5.02 Å². The van der Waals surface area contributed by atoms with Crippen LogP contribution in [0.15, 0.2) is 45.8 Å². The van der Waals surface area contributed by atoms with Gasteiger partial charge >= 0.3 is 0 Å². The zero-order valence-corrected chi connectivity index (χ0v) is 13.6. The molecule has 2 aromatic rings. The van der Waals surface area contributed by atoms with E-state index in [4.69, 9.17) is 21.5 Å². The molecule has 0 amide bonds. The van der Waals surface area contributed by atoms with E-state index < -0.39 is 10.0 Å². The number of hydrogen-bond acceptors (Lipinski definition) is 3. The zero-order valence-electron chi connectivity index (χ0n) is 10.4. The van der Waals surface area contributed by atoms with E-state index in [0.29, 0.717) is 22.1 Å². The van der Waals surface area contributed by atoms with Gasteiger partial charge < -0.3 is 4.74 Å². The number of sulfonamides is 1. The largest absolute Gasteiger partial charge is 0.456 e. The number of nitrogens with two attached hydrogens (primary N) is 1. The molecule has 0 saturated carbocycles. The molecule has 0 bridgehead atoms. The van der Waals surface area contributed by atoms with Crippen LogP contribution in [0.25, 0.3) is 0 Å². The Bertz CT molecular complexity index is 762. The molecule has 2 rings (SSSR count). The Morgan fingerprint density at radius 2 is 1.90 bits per heavy atom. The van der Waals surface area contributed by atoms with E-state index in [0.717, 1.165) is 4.47 Å².